The van der Waals surface area contributed by atoms with E-state index in [4.69, 9.17) is 19.9 Å². The lowest BCUT2D eigenvalue weighted by molar-refractivity contribution is 1.07. The first-order valence-electron chi connectivity index (χ1n) is 20.4. The predicted octanol–water partition coefficient (Wildman–Crippen LogP) is 15.0. The normalized spacial score (nSPS) is 11.3. The smallest absolute Gasteiger partial charge is 0.164 e. The molecule has 0 saturated heterocycles. The Morgan fingerprint density at radius 1 is 0.295 bits per heavy atom. The maximum atomic E-state index is 5.42. The van der Waals surface area contributed by atoms with Gasteiger partial charge in [-0.05, 0) is 57.6 Å². The molecule has 3 heterocycles. The highest BCUT2D eigenvalue weighted by atomic mass is 32.1. The van der Waals surface area contributed by atoms with E-state index in [0.717, 1.165) is 60.9 Å². The average Bonchev–Trinajstić information content (AvgIpc) is 3.76. The molecule has 0 radical (unpaired) electrons. The van der Waals surface area contributed by atoms with Gasteiger partial charge >= 0.3 is 0 Å². The SMILES string of the molecule is c1ccc(-c2cc(-c3ccccc3)cc(-c3sc4c(c(-c5ccccc5)nc5ccccc54)c3-c3ccc(-c4nc(-c5ccccc5)nc(-c5ccccc5)n4)cc3)c2)cc1. The van der Waals surface area contributed by atoms with Crippen molar-refractivity contribution in [2.75, 3.05) is 0 Å². The monoisotopic (exact) mass is 796 g/mol. The first kappa shape index (κ1) is 36.2. The number of hydrogen-bond acceptors (Lipinski definition) is 5. The summed E-state index contributed by atoms with van der Waals surface area (Å²) in [6, 6.07) is 76.4. The molecule has 11 rings (SSSR count). The maximum Gasteiger partial charge on any atom is 0.164 e. The molecule has 0 amide bonds. The lowest BCUT2D eigenvalue weighted by atomic mass is 9.91. The van der Waals surface area contributed by atoms with Gasteiger partial charge in [-0.15, -0.1) is 11.3 Å². The van der Waals surface area contributed by atoms with Gasteiger partial charge in [-0.2, -0.15) is 0 Å². The lowest BCUT2D eigenvalue weighted by Crippen LogP contribution is -2.00. The first-order valence-corrected chi connectivity index (χ1v) is 21.2. The van der Waals surface area contributed by atoms with E-state index in [9.17, 15) is 0 Å². The average molecular weight is 797 g/mol. The fraction of sp³-hybridized carbons (Fsp3) is 0. The van der Waals surface area contributed by atoms with Crippen molar-refractivity contribution in [2.45, 2.75) is 0 Å². The van der Waals surface area contributed by atoms with Crippen LogP contribution >= 0.6 is 11.3 Å². The molecule has 0 spiro atoms. The summed E-state index contributed by atoms with van der Waals surface area (Å²) < 4.78 is 1.21. The topological polar surface area (TPSA) is 51.6 Å². The zero-order valence-electron chi connectivity index (χ0n) is 33.0. The Bertz CT molecular complexity index is 3200. The van der Waals surface area contributed by atoms with E-state index < -0.39 is 0 Å². The van der Waals surface area contributed by atoms with Gasteiger partial charge in [0.1, 0.15) is 0 Å². The Hall–Kier alpha value is -7.86. The summed E-state index contributed by atoms with van der Waals surface area (Å²) in [5.41, 5.74) is 13.9. The Morgan fingerprint density at radius 2 is 0.689 bits per heavy atom. The van der Waals surface area contributed by atoms with Crippen LogP contribution in [0.5, 0.6) is 0 Å². The third-order valence-corrected chi connectivity index (χ3v) is 12.4. The van der Waals surface area contributed by atoms with E-state index in [1.54, 1.807) is 0 Å². The Labute approximate surface area is 358 Å². The number of pyridine rings is 1. The lowest BCUT2D eigenvalue weighted by Gasteiger charge is -2.14. The van der Waals surface area contributed by atoms with Crippen molar-refractivity contribution in [1.29, 1.82) is 0 Å². The van der Waals surface area contributed by atoms with Gasteiger partial charge < -0.3 is 0 Å². The number of rotatable bonds is 8. The second-order valence-corrected chi connectivity index (χ2v) is 16.0. The fourth-order valence-corrected chi connectivity index (χ4v) is 9.49. The van der Waals surface area contributed by atoms with Crippen molar-refractivity contribution in [1.82, 2.24) is 19.9 Å². The van der Waals surface area contributed by atoms with Crippen molar-refractivity contribution in [3.63, 3.8) is 0 Å². The van der Waals surface area contributed by atoms with Crippen LogP contribution in [0.1, 0.15) is 0 Å². The van der Waals surface area contributed by atoms with Gasteiger partial charge in [-0.25, -0.2) is 19.9 Å². The summed E-state index contributed by atoms with van der Waals surface area (Å²) in [7, 11) is 0. The molecule has 0 aliphatic rings. The molecule has 5 heteroatoms. The van der Waals surface area contributed by atoms with Crippen molar-refractivity contribution in [3.8, 4) is 89.2 Å². The number of thiophene rings is 1. The summed E-state index contributed by atoms with van der Waals surface area (Å²) >= 11 is 1.84. The molecule has 0 aliphatic carbocycles. The Balaban J connectivity index is 1.16. The molecule has 3 aromatic heterocycles. The molecule has 0 N–H and O–H groups in total. The largest absolute Gasteiger partial charge is 0.247 e. The molecule has 0 unspecified atom stereocenters. The molecule has 0 fully saturated rings. The van der Waals surface area contributed by atoms with Crippen LogP contribution < -0.4 is 0 Å². The molecule has 11 aromatic rings. The molecule has 286 valence electrons. The highest BCUT2D eigenvalue weighted by molar-refractivity contribution is 7.24. The van der Waals surface area contributed by atoms with Crippen LogP contribution in [0.15, 0.2) is 218 Å². The number of nitrogens with zero attached hydrogens (tertiary/aromatic N) is 4. The number of para-hydroxylation sites is 1. The minimum absolute atomic E-state index is 0.621. The van der Waals surface area contributed by atoms with E-state index in [-0.39, 0.29) is 0 Å². The van der Waals surface area contributed by atoms with Gasteiger partial charge in [0.2, 0.25) is 0 Å². The fourth-order valence-electron chi connectivity index (χ4n) is 8.15. The molecule has 4 nitrogen and oxygen atoms in total. The predicted molar refractivity (Wildman–Crippen MR) is 254 cm³/mol. The number of fused-ring (bicyclic) bond motifs is 3. The van der Waals surface area contributed by atoms with Crippen molar-refractivity contribution in [3.05, 3.63) is 218 Å². The maximum absolute atomic E-state index is 5.42. The zero-order valence-corrected chi connectivity index (χ0v) is 33.8. The van der Waals surface area contributed by atoms with Crippen molar-refractivity contribution in [2.24, 2.45) is 0 Å². The quantitative estimate of drug-likeness (QED) is 0.154. The summed E-state index contributed by atoms with van der Waals surface area (Å²) in [5, 5.41) is 2.28. The molecule has 0 saturated carbocycles. The van der Waals surface area contributed by atoms with Crippen LogP contribution in [0.2, 0.25) is 0 Å². The van der Waals surface area contributed by atoms with Gasteiger partial charge in [0.15, 0.2) is 17.5 Å². The highest BCUT2D eigenvalue weighted by Crippen LogP contribution is 2.51. The third-order valence-electron chi connectivity index (χ3n) is 11.1. The van der Waals surface area contributed by atoms with E-state index >= 15 is 0 Å². The van der Waals surface area contributed by atoms with E-state index in [2.05, 4.69) is 158 Å². The van der Waals surface area contributed by atoms with E-state index in [1.165, 1.54) is 31.8 Å². The first-order chi connectivity index (χ1) is 30.2. The van der Waals surface area contributed by atoms with Crippen LogP contribution in [-0.4, -0.2) is 19.9 Å². The second-order valence-electron chi connectivity index (χ2n) is 15.0. The van der Waals surface area contributed by atoms with Crippen LogP contribution in [0.3, 0.4) is 0 Å². The molecule has 0 atom stereocenters. The van der Waals surface area contributed by atoms with Crippen LogP contribution in [0, 0.1) is 0 Å². The van der Waals surface area contributed by atoms with Gasteiger partial charge in [0, 0.05) is 48.2 Å². The van der Waals surface area contributed by atoms with Crippen LogP contribution in [0.25, 0.3) is 110 Å². The Kier molecular flexibility index (Phi) is 9.34. The summed E-state index contributed by atoms with van der Waals surface area (Å²) in [4.78, 5) is 21.6. The van der Waals surface area contributed by atoms with E-state index in [1.807, 2.05) is 72.0 Å². The minimum Gasteiger partial charge on any atom is -0.247 e. The van der Waals surface area contributed by atoms with Crippen LogP contribution in [-0.2, 0) is 0 Å². The number of aromatic nitrogens is 4. The molecule has 0 bridgehead atoms. The van der Waals surface area contributed by atoms with Gasteiger partial charge in [-0.3, -0.25) is 0 Å². The minimum atomic E-state index is 0.621. The summed E-state index contributed by atoms with van der Waals surface area (Å²) in [6.07, 6.45) is 0. The van der Waals surface area contributed by atoms with Gasteiger partial charge in [-0.1, -0.05) is 194 Å². The third kappa shape index (κ3) is 6.97. The van der Waals surface area contributed by atoms with Crippen LogP contribution in [0.4, 0.5) is 0 Å². The summed E-state index contributed by atoms with van der Waals surface area (Å²) in [5.74, 6) is 1.89. The standard InChI is InChI=1S/C56H36N4S/c1-6-18-37(19-7-1)44-34-45(38-20-8-2-9-21-38)36-46(35-44)52-49(50-51(40-22-10-3-11-23-40)57-48-29-17-16-28-47(48)53(50)61-52)39-30-32-43(33-31-39)56-59-54(41-24-12-4-13-25-41)58-55(60-56)42-26-14-5-15-27-42/h1-36H. The zero-order chi connectivity index (χ0) is 40.5. The van der Waals surface area contributed by atoms with Crippen molar-refractivity contribution >= 4 is 32.3 Å². The highest BCUT2D eigenvalue weighted by Gasteiger charge is 2.24. The molecule has 61 heavy (non-hydrogen) atoms. The summed E-state index contributed by atoms with van der Waals surface area (Å²) in [6.45, 7) is 0. The molecular formula is C56H36N4S. The molecule has 8 aromatic carbocycles. The van der Waals surface area contributed by atoms with Crippen molar-refractivity contribution < 1.29 is 0 Å². The van der Waals surface area contributed by atoms with Gasteiger partial charge in [0.25, 0.3) is 0 Å². The molecular weight excluding hydrogens is 761 g/mol. The number of hydrogen-bond donors (Lipinski definition) is 0. The van der Waals surface area contributed by atoms with E-state index in [0.29, 0.717) is 17.5 Å². The number of benzene rings is 8. The van der Waals surface area contributed by atoms with Gasteiger partial charge in [0.05, 0.1) is 11.2 Å². The Morgan fingerprint density at radius 3 is 1.20 bits per heavy atom. The second kappa shape index (κ2) is 15.7. The molecule has 0 aliphatic heterocycles.